The number of aliphatic carboxylic acids is 1. The average molecular weight is 960 g/mol. The summed E-state index contributed by atoms with van der Waals surface area (Å²) in [5, 5.41) is 119. The molecule has 0 radical (unpaired) electrons. The molecule has 0 bridgehead atoms. The van der Waals surface area contributed by atoms with Crippen molar-refractivity contribution in [3.8, 4) is 0 Å². The number of carboxylic acid groups (broad SMARTS) is 1. The molecule has 23 atom stereocenters. The summed E-state index contributed by atoms with van der Waals surface area (Å²) in [6, 6.07) is -0.324. The minimum Gasteiger partial charge on any atom is -0.479 e. The van der Waals surface area contributed by atoms with Gasteiger partial charge < -0.3 is 94.6 Å². The van der Waals surface area contributed by atoms with Crippen molar-refractivity contribution in [1.82, 2.24) is 4.90 Å². The summed E-state index contributed by atoms with van der Waals surface area (Å²) in [6.07, 6.45) is -20.0. The smallest absolute Gasteiger partial charge is 0.335 e. The van der Waals surface area contributed by atoms with Crippen LogP contribution in [0.3, 0.4) is 0 Å². The highest BCUT2D eigenvalue weighted by atomic mass is 16.7. The lowest BCUT2D eigenvalue weighted by atomic mass is 9.74. The number of Topliss-reactive ketones (excluding diaryl/α,β-unsaturated/α-hetero) is 1. The second-order valence-electron chi connectivity index (χ2n) is 19.5. The average Bonchev–Trinajstić information content (AvgIpc) is 3.25. The first kappa shape index (κ1) is 60.1. The molecule has 3 aliphatic rings. The number of carbonyl (C=O) groups excluding carboxylic acids is 2. The van der Waals surface area contributed by atoms with Gasteiger partial charge in [0, 0.05) is 37.3 Å². The van der Waals surface area contributed by atoms with Crippen LogP contribution in [0.4, 0.5) is 0 Å². The Morgan fingerprint density at radius 1 is 0.848 bits per heavy atom. The third kappa shape index (κ3) is 14.3. The molecule has 12 N–H and O–H groups in total. The highest BCUT2D eigenvalue weighted by molar-refractivity contribution is 5.83. The Morgan fingerprint density at radius 2 is 1.42 bits per heavy atom. The number of hydrogen-bond donors (Lipinski definition) is 12. The third-order valence-corrected chi connectivity index (χ3v) is 13.7. The Kier molecular flexibility index (Phi) is 22.4. The van der Waals surface area contributed by atoms with Crippen LogP contribution in [0.2, 0.25) is 0 Å². The number of rotatable bonds is 13. The van der Waals surface area contributed by atoms with Crippen molar-refractivity contribution < 1.29 is 104 Å². The number of carboxylic acids is 1. The molecule has 3 aliphatic heterocycles. The molecule has 20 unspecified atom stereocenters. The zero-order chi connectivity index (χ0) is 51.1. The van der Waals surface area contributed by atoms with Gasteiger partial charge in [0.05, 0.1) is 54.2 Å². The normalized spacial score (nSPS) is 43.3. The SMILES string of the molecule is CCC1OC(=O)C(C)C(OC2C[C@@](C)(OC)C(O)C(C)O2)C(C)C(OC2OC(C)CC(N(C)C)C2O)[C@](C)(O)CC(C)C(=O)C(C)C(O)[C@]1(C)O.O=C(O)C(O)C(O)C(O)C(O)C(O)CO. The molecule has 388 valence electrons. The van der Waals surface area contributed by atoms with Gasteiger partial charge in [0.1, 0.15) is 54.1 Å². The summed E-state index contributed by atoms with van der Waals surface area (Å²) in [5.74, 6) is -6.76. The summed E-state index contributed by atoms with van der Waals surface area (Å²) in [7, 11) is 5.18. The van der Waals surface area contributed by atoms with Crippen molar-refractivity contribution in [2.75, 3.05) is 27.8 Å². The Labute approximate surface area is 387 Å². The van der Waals surface area contributed by atoms with E-state index in [4.69, 9.17) is 64.2 Å². The van der Waals surface area contributed by atoms with Gasteiger partial charge in [-0.2, -0.15) is 0 Å². The molecule has 0 aromatic rings. The Balaban J connectivity index is 0.000000850. The van der Waals surface area contributed by atoms with E-state index in [2.05, 4.69) is 0 Å². The zero-order valence-electron chi connectivity index (χ0n) is 40.6. The molecule has 3 heterocycles. The monoisotopic (exact) mass is 960 g/mol. The van der Waals surface area contributed by atoms with Gasteiger partial charge in [0.15, 0.2) is 18.7 Å². The number of likely N-dealkylation sites (N-methyl/N-ethyl adjacent to an activating group) is 1. The van der Waals surface area contributed by atoms with Gasteiger partial charge in [-0.3, -0.25) is 9.59 Å². The summed E-state index contributed by atoms with van der Waals surface area (Å²) in [4.78, 5) is 40.0. The Hall–Kier alpha value is -2.07. The van der Waals surface area contributed by atoms with E-state index in [1.165, 1.54) is 27.9 Å². The van der Waals surface area contributed by atoms with Crippen molar-refractivity contribution in [3.63, 3.8) is 0 Å². The highest BCUT2D eigenvalue weighted by Crippen LogP contribution is 2.41. The van der Waals surface area contributed by atoms with Gasteiger partial charge in [-0.05, 0) is 74.9 Å². The van der Waals surface area contributed by atoms with E-state index in [1.54, 1.807) is 41.5 Å². The number of aliphatic hydroxyl groups is 11. The number of carbonyl (C=O) groups is 3. The van der Waals surface area contributed by atoms with Gasteiger partial charge in [0.2, 0.25) is 0 Å². The summed E-state index contributed by atoms with van der Waals surface area (Å²) >= 11 is 0. The highest BCUT2D eigenvalue weighted by Gasteiger charge is 2.53. The topological polar surface area (TPSA) is 353 Å². The molecule has 0 saturated carbocycles. The van der Waals surface area contributed by atoms with E-state index in [0.717, 1.165) is 0 Å². The van der Waals surface area contributed by atoms with Crippen LogP contribution >= 0.6 is 0 Å². The summed E-state index contributed by atoms with van der Waals surface area (Å²) in [5.41, 5.74) is -4.84. The van der Waals surface area contributed by atoms with Crippen molar-refractivity contribution >= 4 is 17.7 Å². The minimum atomic E-state index is -2.29. The van der Waals surface area contributed by atoms with Crippen LogP contribution in [0.1, 0.15) is 94.9 Å². The lowest BCUT2D eigenvalue weighted by Crippen LogP contribution is -2.61. The number of cyclic esters (lactones) is 1. The summed E-state index contributed by atoms with van der Waals surface area (Å²) in [6.45, 7) is 15.5. The number of ketones is 1. The molecule has 3 rings (SSSR count). The lowest BCUT2D eigenvalue weighted by Gasteiger charge is -2.49. The maximum atomic E-state index is 14.1. The molecule has 0 spiro atoms. The number of methoxy groups -OCH3 is 1. The molecule has 0 aromatic carbocycles. The van der Waals surface area contributed by atoms with Crippen LogP contribution < -0.4 is 0 Å². The summed E-state index contributed by atoms with van der Waals surface area (Å²) < 4.78 is 37.1. The predicted molar refractivity (Wildman–Crippen MR) is 231 cm³/mol. The first-order valence-corrected chi connectivity index (χ1v) is 22.6. The standard InChI is InChI=1S/C37H67NO13.C7H14O8/c1-14-25-37(10,45)30(41)20(4)27(39)18(2)16-35(8,44)32(51-34-28(40)24(38(11)12)15-19(3)47-34)21(5)29(22(6)33(43)49-25)50-26-17-36(9,46-13)31(42)23(7)48-26;8-1-2(9)3(10)4(11)5(12)6(13)7(14)15/h18-26,28-32,34,40-42,44-45H,14-17H2,1-13H3;2-6,8-13H,1H2,(H,14,15)/t18?,19?,20?,21?,22?,23?,24?,25?,26?,28?,29?,30?,31?,32?,34?,35-,36-,37-;/m1./s1. The van der Waals surface area contributed by atoms with Crippen LogP contribution in [0, 0.1) is 23.7 Å². The van der Waals surface area contributed by atoms with Crippen molar-refractivity contribution in [1.29, 1.82) is 0 Å². The van der Waals surface area contributed by atoms with Crippen LogP contribution in [-0.4, -0.2) is 226 Å². The van der Waals surface area contributed by atoms with Crippen LogP contribution in [0.5, 0.6) is 0 Å². The van der Waals surface area contributed by atoms with Crippen molar-refractivity contribution in [3.05, 3.63) is 0 Å². The Bertz CT molecular complexity index is 1540. The molecule has 66 heavy (non-hydrogen) atoms. The molecule has 22 nitrogen and oxygen atoms in total. The van der Waals surface area contributed by atoms with E-state index in [1.807, 2.05) is 25.9 Å². The molecule has 22 heteroatoms. The van der Waals surface area contributed by atoms with Gasteiger partial charge in [-0.1, -0.05) is 27.7 Å². The Morgan fingerprint density at radius 3 is 1.92 bits per heavy atom. The minimum absolute atomic E-state index is 0.0936. The number of ether oxygens (including phenoxy) is 6. The molecule has 3 saturated heterocycles. The van der Waals surface area contributed by atoms with Crippen molar-refractivity contribution in [2.45, 2.75) is 210 Å². The van der Waals surface area contributed by atoms with Crippen LogP contribution in [0.25, 0.3) is 0 Å². The molecular weight excluding hydrogens is 878 g/mol. The van der Waals surface area contributed by atoms with Crippen LogP contribution in [-0.2, 0) is 42.8 Å². The quantitative estimate of drug-likeness (QED) is 0.0860. The zero-order valence-corrected chi connectivity index (χ0v) is 40.6. The first-order chi connectivity index (χ1) is 30.2. The molecule has 0 amide bonds. The second-order valence-corrected chi connectivity index (χ2v) is 19.5. The van der Waals surface area contributed by atoms with Gasteiger partial charge >= 0.3 is 11.9 Å². The second kappa shape index (κ2) is 24.7. The third-order valence-electron chi connectivity index (χ3n) is 13.7. The van der Waals surface area contributed by atoms with E-state index in [9.17, 15) is 39.9 Å². The van der Waals surface area contributed by atoms with Gasteiger partial charge in [-0.15, -0.1) is 0 Å². The fraction of sp³-hybridized carbons (Fsp3) is 0.932. The molecule has 0 aliphatic carbocycles. The van der Waals surface area contributed by atoms with E-state index >= 15 is 0 Å². The maximum absolute atomic E-state index is 14.1. The molecular formula is C44H81NO21. The predicted octanol–water partition coefficient (Wildman–Crippen LogP) is -2.35. The van der Waals surface area contributed by atoms with Crippen LogP contribution in [0.15, 0.2) is 0 Å². The van der Waals surface area contributed by atoms with Gasteiger partial charge in [0.25, 0.3) is 0 Å². The number of hydrogen-bond acceptors (Lipinski definition) is 21. The maximum Gasteiger partial charge on any atom is 0.335 e. The van der Waals surface area contributed by atoms with E-state index in [0.29, 0.717) is 6.42 Å². The fourth-order valence-corrected chi connectivity index (χ4v) is 9.28. The lowest BCUT2D eigenvalue weighted by molar-refractivity contribution is -0.318. The number of aliphatic hydroxyl groups excluding tert-OH is 9. The number of esters is 1. The largest absolute Gasteiger partial charge is 0.479 e. The molecule has 0 aromatic heterocycles. The van der Waals surface area contributed by atoms with E-state index < -0.39 is 151 Å². The van der Waals surface area contributed by atoms with Gasteiger partial charge in [-0.25, -0.2) is 4.79 Å². The van der Waals surface area contributed by atoms with Crippen molar-refractivity contribution in [2.24, 2.45) is 23.7 Å². The number of nitrogens with zero attached hydrogens (tertiary/aromatic N) is 1. The molecule has 3 fully saturated rings. The fourth-order valence-electron chi connectivity index (χ4n) is 9.28. The first-order valence-electron chi connectivity index (χ1n) is 22.6. The van der Waals surface area contributed by atoms with E-state index in [-0.39, 0.29) is 31.4 Å².